The van der Waals surface area contributed by atoms with Crippen LogP contribution in [0.5, 0.6) is 5.88 Å². The fraction of sp³-hybridized carbons (Fsp3) is 0.600. The van der Waals surface area contributed by atoms with Gasteiger partial charge >= 0.3 is 0 Å². The highest BCUT2D eigenvalue weighted by molar-refractivity contribution is 5.18. The van der Waals surface area contributed by atoms with Gasteiger partial charge in [-0.25, -0.2) is 4.98 Å². The highest BCUT2D eigenvalue weighted by Crippen LogP contribution is 2.19. The molecule has 0 aliphatic carbocycles. The first-order chi connectivity index (χ1) is 6.54. The van der Waals surface area contributed by atoms with E-state index in [1.165, 1.54) is 0 Å². The Bertz CT molecular complexity index is 312. The molecule has 78 valence electrons. The number of nitrogens with zero attached hydrogens (tertiary/aromatic N) is 2. The second-order valence-electron chi connectivity index (χ2n) is 3.65. The number of hydrogen-bond acceptors (Lipinski definition) is 4. The van der Waals surface area contributed by atoms with Gasteiger partial charge in [-0.2, -0.15) is 4.98 Å². The lowest BCUT2D eigenvalue weighted by Crippen LogP contribution is -2.18. The molecule has 1 aromatic heterocycles. The lowest BCUT2D eigenvalue weighted by Gasteiger charge is -2.15. The van der Waals surface area contributed by atoms with Crippen molar-refractivity contribution in [3.63, 3.8) is 0 Å². The van der Waals surface area contributed by atoms with E-state index in [9.17, 15) is 0 Å². The van der Waals surface area contributed by atoms with Gasteiger partial charge in [-0.15, -0.1) is 0 Å². The van der Waals surface area contributed by atoms with Crippen LogP contribution in [0.1, 0.15) is 31.4 Å². The van der Waals surface area contributed by atoms with Gasteiger partial charge in [0.1, 0.15) is 5.82 Å². The normalized spacial score (nSPS) is 13.0. The van der Waals surface area contributed by atoms with Crippen LogP contribution in [0, 0.1) is 12.8 Å². The van der Waals surface area contributed by atoms with Gasteiger partial charge in [0.05, 0.1) is 12.8 Å². The van der Waals surface area contributed by atoms with Crippen LogP contribution in [-0.2, 0) is 0 Å². The van der Waals surface area contributed by atoms with Crippen LogP contribution in [0.15, 0.2) is 6.07 Å². The van der Waals surface area contributed by atoms with Crippen molar-refractivity contribution in [1.29, 1.82) is 0 Å². The van der Waals surface area contributed by atoms with Gasteiger partial charge in [-0.1, -0.05) is 13.8 Å². The summed E-state index contributed by atoms with van der Waals surface area (Å²) in [4.78, 5) is 8.39. The summed E-state index contributed by atoms with van der Waals surface area (Å²) in [5, 5.41) is 0. The zero-order chi connectivity index (χ0) is 10.7. The first kappa shape index (κ1) is 10.9. The maximum atomic E-state index is 5.98. The van der Waals surface area contributed by atoms with Crippen LogP contribution in [0.2, 0.25) is 0 Å². The van der Waals surface area contributed by atoms with E-state index in [2.05, 4.69) is 23.8 Å². The zero-order valence-electron chi connectivity index (χ0n) is 9.11. The van der Waals surface area contributed by atoms with Crippen LogP contribution < -0.4 is 10.5 Å². The quantitative estimate of drug-likeness (QED) is 0.793. The molecule has 0 fully saturated rings. The third kappa shape index (κ3) is 2.42. The minimum absolute atomic E-state index is 0.0643. The third-order valence-electron chi connectivity index (χ3n) is 2.10. The summed E-state index contributed by atoms with van der Waals surface area (Å²) in [6, 6.07) is 1.73. The summed E-state index contributed by atoms with van der Waals surface area (Å²) < 4.78 is 5.06. The Morgan fingerprint density at radius 2 is 2.00 bits per heavy atom. The van der Waals surface area contributed by atoms with Crippen molar-refractivity contribution in [2.24, 2.45) is 11.7 Å². The monoisotopic (exact) mass is 195 g/mol. The fourth-order valence-corrected chi connectivity index (χ4v) is 1.18. The standard InChI is InChI=1S/C10H17N3O/c1-6(2)10(11)8-5-9(14-4)13-7(3)12-8/h5-6,10H,11H2,1-4H3/t10-/m0/s1. The zero-order valence-corrected chi connectivity index (χ0v) is 9.11. The van der Waals surface area contributed by atoms with E-state index in [0.717, 1.165) is 5.69 Å². The van der Waals surface area contributed by atoms with Gasteiger partial charge in [-0.05, 0) is 12.8 Å². The maximum absolute atomic E-state index is 5.98. The average molecular weight is 195 g/mol. The molecule has 0 aliphatic rings. The summed E-state index contributed by atoms with van der Waals surface area (Å²) >= 11 is 0. The van der Waals surface area contributed by atoms with Crippen molar-refractivity contribution in [1.82, 2.24) is 9.97 Å². The molecule has 0 aliphatic heterocycles. The topological polar surface area (TPSA) is 61.0 Å². The Kier molecular flexibility index (Phi) is 3.41. The third-order valence-corrected chi connectivity index (χ3v) is 2.10. The molecule has 0 saturated carbocycles. The molecule has 4 nitrogen and oxygen atoms in total. The van der Waals surface area contributed by atoms with Gasteiger partial charge in [-0.3, -0.25) is 0 Å². The van der Waals surface area contributed by atoms with Crippen molar-refractivity contribution in [2.75, 3.05) is 7.11 Å². The fourth-order valence-electron chi connectivity index (χ4n) is 1.18. The number of aromatic nitrogens is 2. The first-order valence-corrected chi connectivity index (χ1v) is 4.69. The molecule has 0 spiro atoms. The molecule has 1 atom stereocenters. The molecule has 0 unspecified atom stereocenters. The maximum Gasteiger partial charge on any atom is 0.216 e. The van der Waals surface area contributed by atoms with Crippen LogP contribution in [0.4, 0.5) is 0 Å². The van der Waals surface area contributed by atoms with Crippen molar-refractivity contribution in [3.05, 3.63) is 17.6 Å². The summed E-state index contributed by atoms with van der Waals surface area (Å²) in [7, 11) is 1.59. The molecule has 2 N–H and O–H groups in total. The number of methoxy groups -OCH3 is 1. The second-order valence-corrected chi connectivity index (χ2v) is 3.65. The summed E-state index contributed by atoms with van der Waals surface area (Å²) in [5.41, 5.74) is 6.82. The van der Waals surface area contributed by atoms with E-state index in [1.54, 1.807) is 13.2 Å². The van der Waals surface area contributed by atoms with Crippen molar-refractivity contribution in [2.45, 2.75) is 26.8 Å². The van der Waals surface area contributed by atoms with Crippen LogP contribution in [-0.4, -0.2) is 17.1 Å². The number of hydrogen-bond donors (Lipinski definition) is 1. The highest BCUT2D eigenvalue weighted by Gasteiger charge is 2.13. The Hall–Kier alpha value is -1.16. The van der Waals surface area contributed by atoms with Gasteiger partial charge in [0.2, 0.25) is 5.88 Å². The molecular weight excluding hydrogens is 178 g/mol. The number of aryl methyl sites for hydroxylation is 1. The number of rotatable bonds is 3. The molecule has 0 bridgehead atoms. The Balaban J connectivity index is 3.02. The predicted octanol–water partition coefficient (Wildman–Crippen LogP) is 1.45. The lowest BCUT2D eigenvalue weighted by molar-refractivity contribution is 0.391. The van der Waals surface area contributed by atoms with E-state index in [4.69, 9.17) is 10.5 Å². The first-order valence-electron chi connectivity index (χ1n) is 4.69. The molecule has 0 radical (unpaired) electrons. The largest absolute Gasteiger partial charge is 0.481 e. The summed E-state index contributed by atoms with van der Waals surface area (Å²) in [6.45, 7) is 5.96. The minimum Gasteiger partial charge on any atom is -0.481 e. The highest BCUT2D eigenvalue weighted by atomic mass is 16.5. The molecule has 0 amide bonds. The Morgan fingerprint density at radius 1 is 1.36 bits per heavy atom. The van der Waals surface area contributed by atoms with E-state index in [1.807, 2.05) is 6.92 Å². The summed E-state index contributed by atoms with van der Waals surface area (Å²) in [6.07, 6.45) is 0. The average Bonchev–Trinajstić information content (AvgIpc) is 2.15. The van der Waals surface area contributed by atoms with Crippen LogP contribution in [0.25, 0.3) is 0 Å². The second kappa shape index (κ2) is 4.37. The van der Waals surface area contributed by atoms with Crippen LogP contribution >= 0.6 is 0 Å². The molecule has 0 saturated heterocycles. The lowest BCUT2D eigenvalue weighted by atomic mass is 10.0. The van der Waals surface area contributed by atoms with Crippen molar-refractivity contribution < 1.29 is 4.74 Å². The van der Waals surface area contributed by atoms with Crippen molar-refractivity contribution >= 4 is 0 Å². The van der Waals surface area contributed by atoms with Gasteiger partial charge in [0.25, 0.3) is 0 Å². The van der Waals surface area contributed by atoms with Gasteiger partial charge in [0.15, 0.2) is 0 Å². The van der Waals surface area contributed by atoms with Gasteiger partial charge in [0, 0.05) is 12.1 Å². The van der Waals surface area contributed by atoms with E-state index >= 15 is 0 Å². The van der Waals surface area contributed by atoms with E-state index in [-0.39, 0.29) is 6.04 Å². The molecule has 4 heteroatoms. The van der Waals surface area contributed by atoms with Crippen molar-refractivity contribution in [3.8, 4) is 5.88 Å². The Labute approximate surface area is 84.5 Å². The minimum atomic E-state index is -0.0643. The molecular formula is C10H17N3O. The molecule has 0 aromatic carbocycles. The smallest absolute Gasteiger partial charge is 0.216 e. The molecule has 14 heavy (non-hydrogen) atoms. The van der Waals surface area contributed by atoms with Gasteiger partial charge < -0.3 is 10.5 Å². The molecule has 1 heterocycles. The predicted molar refractivity (Wildman–Crippen MR) is 55.1 cm³/mol. The van der Waals surface area contributed by atoms with Crippen LogP contribution in [0.3, 0.4) is 0 Å². The summed E-state index contributed by atoms with van der Waals surface area (Å²) in [5.74, 6) is 1.62. The molecule has 1 rings (SSSR count). The number of ether oxygens (including phenoxy) is 1. The van der Waals surface area contributed by atoms with E-state index in [0.29, 0.717) is 17.6 Å². The number of nitrogens with two attached hydrogens (primary N) is 1. The Morgan fingerprint density at radius 3 is 2.50 bits per heavy atom. The SMILES string of the molecule is COc1cc([C@@H](N)C(C)C)nc(C)n1. The molecule has 1 aromatic rings. The van der Waals surface area contributed by atoms with E-state index < -0.39 is 0 Å².